The maximum absolute atomic E-state index is 13.4. The van der Waals surface area contributed by atoms with Crippen LogP contribution in [0.4, 0.5) is 0 Å². The van der Waals surface area contributed by atoms with Gasteiger partial charge < -0.3 is 30.7 Å². The van der Waals surface area contributed by atoms with E-state index in [9.17, 15) is 20.1 Å². The third-order valence-corrected chi connectivity index (χ3v) is 7.82. The van der Waals surface area contributed by atoms with E-state index in [0.29, 0.717) is 44.2 Å². The Morgan fingerprint density at radius 3 is 2.48 bits per heavy atom. The average Bonchev–Trinajstić information content (AvgIpc) is 2.93. The molecule has 1 amide bonds. The van der Waals surface area contributed by atoms with E-state index < -0.39 is 30.5 Å². The van der Waals surface area contributed by atoms with E-state index in [2.05, 4.69) is 29.8 Å². The summed E-state index contributed by atoms with van der Waals surface area (Å²) in [6.45, 7) is 7.68. The summed E-state index contributed by atoms with van der Waals surface area (Å²) >= 11 is 0. The molecule has 0 bridgehead atoms. The number of ether oxygens (including phenoxy) is 1. The third-order valence-electron chi connectivity index (χ3n) is 7.82. The van der Waals surface area contributed by atoms with Gasteiger partial charge in [-0.1, -0.05) is 68.8 Å². The van der Waals surface area contributed by atoms with Gasteiger partial charge in [0.05, 0.1) is 24.3 Å². The Bertz CT molecular complexity index is 1020. The average molecular weight is 557 g/mol. The molecule has 0 aliphatic carbocycles. The largest absolute Gasteiger partial charge is 0.492 e. The lowest BCUT2D eigenvalue weighted by atomic mass is 9.97. The van der Waals surface area contributed by atoms with E-state index in [1.54, 1.807) is 6.92 Å². The Morgan fingerprint density at radius 2 is 1.77 bits per heavy atom. The minimum atomic E-state index is -1.18. The van der Waals surface area contributed by atoms with Crippen molar-refractivity contribution in [3.63, 3.8) is 0 Å². The van der Waals surface area contributed by atoms with Crippen LogP contribution in [0.25, 0.3) is 0 Å². The number of carbonyl (C=O) groups is 1. The number of hydrogen-bond acceptors (Lipinski definition) is 8. The van der Waals surface area contributed by atoms with Gasteiger partial charge in [0.25, 0.3) is 0 Å². The van der Waals surface area contributed by atoms with Crippen LogP contribution in [0, 0.1) is 5.92 Å². The standard InChI is InChI=1S/C31H48N4O5/c1-5-21(2)27-20-35(4)29(22(3)36)31(39)34-26(17-23-11-7-6-8-12-23)30(38)33-19-25(37)18-24-13-9-10-14-28(24)40-16-15-32-27/h6-14,21-22,25-27,29,31-32,34,36-37,39H,5,15-20H2,1-4H3,(H,33,38). The minimum absolute atomic E-state index is 0.0497. The monoisotopic (exact) mass is 556 g/mol. The molecule has 0 fully saturated rings. The van der Waals surface area contributed by atoms with Gasteiger partial charge >= 0.3 is 0 Å². The normalized spacial score (nSPS) is 27.8. The number of benzene rings is 2. The summed E-state index contributed by atoms with van der Waals surface area (Å²) in [6, 6.07) is 15.9. The Hall–Kier alpha value is -2.53. The number of rotatable bonds is 5. The van der Waals surface area contributed by atoms with E-state index >= 15 is 0 Å². The van der Waals surface area contributed by atoms with Gasteiger partial charge in [0.1, 0.15) is 18.6 Å². The first-order chi connectivity index (χ1) is 19.2. The second-order valence-electron chi connectivity index (χ2n) is 11.0. The summed E-state index contributed by atoms with van der Waals surface area (Å²) in [7, 11) is 1.88. The van der Waals surface area contributed by atoms with Crippen LogP contribution in [-0.2, 0) is 17.6 Å². The van der Waals surface area contributed by atoms with Gasteiger partial charge in [-0.3, -0.25) is 15.0 Å². The quantitative estimate of drug-likeness (QED) is 0.326. The summed E-state index contributed by atoms with van der Waals surface area (Å²) in [4.78, 5) is 15.3. The first kappa shape index (κ1) is 32.0. The number of nitrogens with one attached hydrogen (secondary N) is 3. The molecule has 9 nitrogen and oxygen atoms in total. The van der Waals surface area contributed by atoms with Gasteiger partial charge in [0.15, 0.2) is 0 Å². The number of para-hydroxylation sites is 1. The zero-order chi connectivity index (χ0) is 29.1. The minimum Gasteiger partial charge on any atom is -0.492 e. The molecule has 0 radical (unpaired) electrons. The Kier molecular flexibility index (Phi) is 12.8. The van der Waals surface area contributed by atoms with Crippen molar-refractivity contribution in [3.8, 4) is 5.75 Å². The van der Waals surface area contributed by atoms with Crippen molar-refractivity contribution in [2.24, 2.45) is 5.92 Å². The Balaban J connectivity index is 1.89. The molecule has 0 saturated carbocycles. The second kappa shape index (κ2) is 16.0. The smallest absolute Gasteiger partial charge is 0.237 e. The Morgan fingerprint density at radius 1 is 1.07 bits per heavy atom. The molecule has 0 saturated heterocycles. The predicted molar refractivity (Wildman–Crippen MR) is 157 cm³/mol. The zero-order valence-electron chi connectivity index (χ0n) is 24.3. The summed E-state index contributed by atoms with van der Waals surface area (Å²) in [5.41, 5.74) is 1.80. The molecule has 7 unspecified atom stereocenters. The number of aliphatic hydroxyl groups is 3. The van der Waals surface area contributed by atoms with Crippen molar-refractivity contribution in [2.75, 3.05) is 33.3 Å². The molecule has 1 heterocycles. The highest BCUT2D eigenvalue weighted by Crippen LogP contribution is 2.20. The van der Waals surface area contributed by atoms with Gasteiger partial charge in [-0.2, -0.15) is 0 Å². The van der Waals surface area contributed by atoms with Crippen molar-refractivity contribution < 1.29 is 24.9 Å². The van der Waals surface area contributed by atoms with Crippen molar-refractivity contribution in [2.45, 2.75) is 76.6 Å². The molecular weight excluding hydrogens is 508 g/mol. The molecule has 6 N–H and O–H groups in total. The van der Waals surface area contributed by atoms with Crippen LogP contribution in [0.2, 0.25) is 0 Å². The van der Waals surface area contributed by atoms with Crippen LogP contribution < -0.4 is 20.7 Å². The summed E-state index contributed by atoms with van der Waals surface area (Å²) in [5, 5.41) is 42.4. The summed E-state index contributed by atoms with van der Waals surface area (Å²) in [6.07, 6.45) is -1.23. The van der Waals surface area contributed by atoms with Crippen LogP contribution in [0.15, 0.2) is 54.6 Å². The molecular formula is C31H48N4O5. The highest BCUT2D eigenvalue weighted by molar-refractivity contribution is 5.82. The van der Waals surface area contributed by atoms with Gasteiger partial charge in [0.2, 0.25) is 5.91 Å². The van der Waals surface area contributed by atoms with Crippen molar-refractivity contribution >= 4 is 5.91 Å². The number of likely N-dealkylation sites (N-methyl/N-ethyl adjacent to an activating group) is 1. The lowest BCUT2D eigenvalue weighted by Crippen LogP contribution is -2.61. The first-order valence-electron chi connectivity index (χ1n) is 14.5. The number of nitrogens with zero attached hydrogens (tertiary/aromatic N) is 1. The van der Waals surface area contributed by atoms with Crippen LogP contribution in [-0.4, -0.2) is 96.0 Å². The number of β-amino-alcohol motifs (C(OH)–C–C–N with tert-alkyl or cyclic N) is 1. The van der Waals surface area contributed by atoms with E-state index in [1.165, 1.54) is 0 Å². The fourth-order valence-electron chi connectivity index (χ4n) is 5.30. The lowest BCUT2D eigenvalue weighted by molar-refractivity contribution is -0.125. The molecule has 9 heteroatoms. The molecule has 2 aromatic rings. The van der Waals surface area contributed by atoms with Crippen LogP contribution in [0.5, 0.6) is 5.75 Å². The lowest BCUT2D eigenvalue weighted by Gasteiger charge is -2.39. The molecule has 0 aromatic heterocycles. The number of amides is 1. The highest BCUT2D eigenvalue weighted by Gasteiger charge is 2.33. The molecule has 1 aliphatic rings. The topological polar surface area (TPSA) is 126 Å². The molecule has 2 aromatic carbocycles. The molecule has 0 spiro atoms. The molecule has 222 valence electrons. The van der Waals surface area contributed by atoms with Crippen LogP contribution in [0.3, 0.4) is 0 Å². The molecule has 40 heavy (non-hydrogen) atoms. The fourth-order valence-corrected chi connectivity index (χ4v) is 5.30. The van der Waals surface area contributed by atoms with E-state index in [0.717, 1.165) is 17.5 Å². The molecule has 1 aliphatic heterocycles. The molecule has 7 atom stereocenters. The number of fused-ring (bicyclic) bond motifs is 1. The van der Waals surface area contributed by atoms with E-state index in [1.807, 2.05) is 66.5 Å². The number of carbonyl (C=O) groups excluding carboxylic acids is 1. The van der Waals surface area contributed by atoms with Crippen molar-refractivity contribution in [1.29, 1.82) is 0 Å². The second-order valence-corrected chi connectivity index (χ2v) is 11.0. The third kappa shape index (κ3) is 9.54. The number of aliphatic hydroxyl groups excluding tert-OH is 3. The maximum Gasteiger partial charge on any atom is 0.237 e. The first-order valence-corrected chi connectivity index (χ1v) is 14.5. The SMILES string of the molecule is CCC(C)C1CN(C)C(C(C)O)C(O)NC(Cc2ccccc2)C(=O)NCC(O)Cc2ccccc2OCCN1. The molecule has 3 rings (SSSR count). The highest BCUT2D eigenvalue weighted by atomic mass is 16.5. The van der Waals surface area contributed by atoms with Crippen molar-refractivity contribution in [1.82, 2.24) is 20.9 Å². The number of hydrogen-bond donors (Lipinski definition) is 6. The fraction of sp³-hybridized carbons (Fsp3) is 0.581. The van der Waals surface area contributed by atoms with Crippen molar-refractivity contribution in [3.05, 3.63) is 65.7 Å². The summed E-state index contributed by atoms with van der Waals surface area (Å²) < 4.78 is 6.09. The van der Waals surface area contributed by atoms with E-state index in [4.69, 9.17) is 4.74 Å². The van der Waals surface area contributed by atoms with Gasteiger partial charge in [0, 0.05) is 32.1 Å². The Labute approximate surface area is 238 Å². The maximum atomic E-state index is 13.4. The van der Waals surface area contributed by atoms with Gasteiger partial charge in [-0.25, -0.2) is 0 Å². The van der Waals surface area contributed by atoms with Gasteiger partial charge in [-0.05, 0) is 43.5 Å². The summed E-state index contributed by atoms with van der Waals surface area (Å²) in [5.74, 6) is 0.722. The zero-order valence-corrected chi connectivity index (χ0v) is 24.3. The predicted octanol–water partition coefficient (Wildman–Crippen LogP) is 1.30. The van der Waals surface area contributed by atoms with E-state index in [-0.39, 0.29) is 18.5 Å². The van der Waals surface area contributed by atoms with Crippen LogP contribution >= 0.6 is 0 Å². The van der Waals surface area contributed by atoms with Crippen LogP contribution in [0.1, 0.15) is 38.3 Å². The van der Waals surface area contributed by atoms with Gasteiger partial charge in [-0.15, -0.1) is 0 Å².